The summed E-state index contributed by atoms with van der Waals surface area (Å²) in [4.78, 5) is 31.7. The molecule has 33 heavy (non-hydrogen) atoms. The number of benzene rings is 2. The molecule has 2 aliphatic rings. The van der Waals surface area contributed by atoms with Crippen LogP contribution >= 0.6 is 24.0 Å². The minimum absolute atomic E-state index is 0. The molecule has 0 spiro atoms. The van der Waals surface area contributed by atoms with Crippen molar-refractivity contribution in [1.29, 1.82) is 0 Å². The molecule has 0 saturated carbocycles. The number of anilines is 1. The second-order valence-corrected chi connectivity index (χ2v) is 8.24. The van der Waals surface area contributed by atoms with Crippen molar-refractivity contribution in [3.05, 3.63) is 69.8 Å². The van der Waals surface area contributed by atoms with E-state index < -0.39 is 0 Å². The average molecular weight is 563 g/mol. The summed E-state index contributed by atoms with van der Waals surface area (Å²) in [7, 11) is 0. The molecule has 1 fully saturated rings. The van der Waals surface area contributed by atoms with Crippen LogP contribution in [0.3, 0.4) is 0 Å². The zero-order valence-electron chi connectivity index (χ0n) is 18.8. The van der Waals surface area contributed by atoms with E-state index in [-0.39, 0.29) is 40.5 Å². The number of guanidine groups is 1. The zero-order valence-corrected chi connectivity index (χ0v) is 21.1. The second kappa shape index (κ2) is 11.4. The van der Waals surface area contributed by atoms with Crippen molar-refractivity contribution >= 4 is 47.2 Å². The monoisotopic (exact) mass is 563 g/mol. The Morgan fingerprint density at radius 3 is 2.79 bits per heavy atom. The maximum atomic E-state index is 12.0. The molecule has 1 unspecified atom stereocenters. The number of carbonyl (C=O) groups is 1. The van der Waals surface area contributed by atoms with E-state index in [9.17, 15) is 14.9 Å². The van der Waals surface area contributed by atoms with Crippen LogP contribution < -0.4 is 10.2 Å². The summed E-state index contributed by atoms with van der Waals surface area (Å²) in [6.07, 6.45) is 2.55. The second-order valence-electron chi connectivity index (χ2n) is 8.24. The first kappa shape index (κ1) is 24.9. The van der Waals surface area contributed by atoms with E-state index in [1.54, 1.807) is 12.1 Å². The van der Waals surface area contributed by atoms with Crippen molar-refractivity contribution in [2.75, 3.05) is 31.1 Å². The Bertz CT molecular complexity index is 1030. The summed E-state index contributed by atoms with van der Waals surface area (Å²) in [5, 5.41) is 14.5. The molecule has 0 aromatic heterocycles. The molecule has 1 atom stereocenters. The molecule has 1 amide bonds. The minimum atomic E-state index is -0.384. The first-order chi connectivity index (χ1) is 15.6. The third-order valence-corrected chi connectivity index (χ3v) is 6.11. The van der Waals surface area contributed by atoms with Crippen LogP contribution in [0.2, 0.25) is 0 Å². The van der Waals surface area contributed by atoms with Crippen molar-refractivity contribution in [2.45, 2.75) is 38.6 Å². The van der Waals surface area contributed by atoms with Gasteiger partial charge in [0.25, 0.3) is 5.69 Å². The van der Waals surface area contributed by atoms with E-state index in [0.29, 0.717) is 18.9 Å². The number of halogens is 1. The van der Waals surface area contributed by atoms with Crippen molar-refractivity contribution < 1.29 is 9.72 Å². The summed E-state index contributed by atoms with van der Waals surface area (Å²) in [5.41, 5.74) is 3.28. The highest BCUT2D eigenvalue weighted by molar-refractivity contribution is 14.0. The normalized spacial score (nSPS) is 17.7. The number of likely N-dealkylation sites (tertiary alicyclic amines) is 1. The van der Waals surface area contributed by atoms with Gasteiger partial charge in [-0.1, -0.05) is 30.3 Å². The minimum Gasteiger partial charge on any atom is -0.356 e. The van der Waals surface area contributed by atoms with Crippen LogP contribution in [0.25, 0.3) is 0 Å². The smallest absolute Gasteiger partial charge is 0.269 e. The number of amides is 1. The fourth-order valence-electron chi connectivity index (χ4n) is 4.52. The van der Waals surface area contributed by atoms with Crippen LogP contribution in [0.15, 0.2) is 53.5 Å². The van der Waals surface area contributed by atoms with E-state index >= 15 is 0 Å². The number of carbonyl (C=O) groups excluding carboxylic acids is 1. The molecule has 2 aromatic carbocycles. The summed E-state index contributed by atoms with van der Waals surface area (Å²) >= 11 is 0. The van der Waals surface area contributed by atoms with Crippen molar-refractivity contribution in [2.24, 2.45) is 4.99 Å². The standard InChI is InChI=1S/C24H29N5O3.HI/c1-2-25-24(26-16-18-7-5-8-20(15-18)29(31)32)28-17-19(21-9-3-4-10-22(21)28)12-14-27-13-6-11-23(27)30;/h3-5,7-10,15,19H,2,6,11-14,16-17H2,1H3,(H,25,26);1H. The lowest BCUT2D eigenvalue weighted by atomic mass is 9.98. The number of nitrogens with zero attached hydrogens (tertiary/aromatic N) is 4. The topological polar surface area (TPSA) is 91.1 Å². The molecule has 0 radical (unpaired) electrons. The Hall–Kier alpha value is -2.69. The van der Waals surface area contributed by atoms with Gasteiger partial charge in [-0.3, -0.25) is 14.9 Å². The van der Waals surface area contributed by atoms with Gasteiger partial charge in [0.1, 0.15) is 0 Å². The molecule has 2 aliphatic heterocycles. The number of rotatable bonds is 7. The van der Waals surface area contributed by atoms with E-state index in [4.69, 9.17) is 4.99 Å². The summed E-state index contributed by atoms with van der Waals surface area (Å²) < 4.78 is 0. The average Bonchev–Trinajstić information content (AvgIpc) is 3.38. The molecule has 9 heteroatoms. The zero-order chi connectivity index (χ0) is 22.5. The predicted molar refractivity (Wildman–Crippen MR) is 140 cm³/mol. The fourth-order valence-corrected chi connectivity index (χ4v) is 4.52. The Labute approximate surface area is 211 Å². The number of nitro benzene ring substituents is 1. The molecule has 2 heterocycles. The van der Waals surface area contributed by atoms with Gasteiger partial charge in [0, 0.05) is 56.3 Å². The molecule has 4 rings (SSSR count). The van der Waals surface area contributed by atoms with Gasteiger partial charge in [0.15, 0.2) is 5.96 Å². The van der Waals surface area contributed by atoms with Gasteiger partial charge in [0.2, 0.25) is 5.91 Å². The third-order valence-electron chi connectivity index (χ3n) is 6.11. The van der Waals surface area contributed by atoms with Crippen LogP contribution in [0.4, 0.5) is 11.4 Å². The quantitative estimate of drug-likeness (QED) is 0.179. The first-order valence-corrected chi connectivity index (χ1v) is 11.2. The highest BCUT2D eigenvalue weighted by atomic mass is 127. The summed E-state index contributed by atoms with van der Waals surface area (Å²) in [5.74, 6) is 1.35. The Kier molecular flexibility index (Phi) is 8.65. The van der Waals surface area contributed by atoms with E-state index in [0.717, 1.165) is 56.2 Å². The Morgan fingerprint density at radius 1 is 1.24 bits per heavy atom. The predicted octanol–water partition coefficient (Wildman–Crippen LogP) is 4.29. The highest BCUT2D eigenvalue weighted by Gasteiger charge is 2.32. The molecule has 0 aliphatic carbocycles. The van der Waals surface area contributed by atoms with Gasteiger partial charge in [0.05, 0.1) is 11.5 Å². The Morgan fingerprint density at radius 2 is 2.06 bits per heavy atom. The molecular formula is C24H30IN5O3. The molecule has 2 aromatic rings. The van der Waals surface area contributed by atoms with Gasteiger partial charge < -0.3 is 15.1 Å². The summed E-state index contributed by atoms with van der Waals surface area (Å²) in [6, 6.07) is 15.0. The SMILES string of the molecule is CCNC(=NCc1cccc([N+](=O)[O-])c1)N1CC(CCN2CCCC2=O)c2ccccc21.I. The van der Waals surface area contributed by atoms with E-state index in [2.05, 4.69) is 28.4 Å². The molecular weight excluding hydrogens is 533 g/mol. The fraction of sp³-hybridized carbons (Fsp3) is 0.417. The van der Waals surface area contributed by atoms with E-state index in [1.165, 1.54) is 11.6 Å². The van der Waals surface area contributed by atoms with Crippen LogP contribution in [0.1, 0.15) is 43.2 Å². The number of hydrogen-bond donors (Lipinski definition) is 1. The van der Waals surface area contributed by atoms with Crippen molar-refractivity contribution in [1.82, 2.24) is 10.2 Å². The Balaban J connectivity index is 0.00000306. The van der Waals surface area contributed by atoms with Gasteiger partial charge >= 0.3 is 0 Å². The van der Waals surface area contributed by atoms with E-state index in [1.807, 2.05) is 24.0 Å². The maximum absolute atomic E-state index is 12.0. The number of nitrogens with one attached hydrogen (secondary N) is 1. The molecule has 8 nitrogen and oxygen atoms in total. The van der Waals surface area contributed by atoms with Crippen molar-refractivity contribution in [3.63, 3.8) is 0 Å². The highest BCUT2D eigenvalue weighted by Crippen LogP contribution is 2.38. The molecule has 1 saturated heterocycles. The number of fused-ring (bicyclic) bond motifs is 1. The number of para-hydroxylation sites is 1. The van der Waals surface area contributed by atoms with Gasteiger partial charge in [-0.25, -0.2) is 4.99 Å². The number of non-ortho nitro benzene ring substituents is 1. The van der Waals surface area contributed by atoms with Crippen LogP contribution in [-0.4, -0.2) is 47.9 Å². The lowest BCUT2D eigenvalue weighted by Gasteiger charge is -2.23. The first-order valence-electron chi connectivity index (χ1n) is 11.2. The maximum Gasteiger partial charge on any atom is 0.269 e. The molecule has 176 valence electrons. The lowest BCUT2D eigenvalue weighted by Crippen LogP contribution is -2.41. The van der Waals surface area contributed by atoms with Crippen LogP contribution in [0, 0.1) is 10.1 Å². The van der Waals surface area contributed by atoms with Gasteiger partial charge in [-0.15, -0.1) is 24.0 Å². The number of hydrogen-bond acceptors (Lipinski definition) is 4. The molecule has 0 bridgehead atoms. The molecule has 1 N–H and O–H groups in total. The third kappa shape index (κ3) is 5.82. The van der Waals surface area contributed by atoms with Crippen molar-refractivity contribution in [3.8, 4) is 0 Å². The van der Waals surface area contributed by atoms with Crippen LogP contribution in [0.5, 0.6) is 0 Å². The lowest BCUT2D eigenvalue weighted by molar-refractivity contribution is -0.384. The van der Waals surface area contributed by atoms with Gasteiger partial charge in [-0.05, 0) is 37.0 Å². The van der Waals surface area contributed by atoms with Crippen LogP contribution in [-0.2, 0) is 11.3 Å². The largest absolute Gasteiger partial charge is 0.356 e. The number of aliphatic imine (C=N–C) groups is 1. The number of nitro groups is 1. The summed E-state index contributed by atoms with van der Waals surface area (Å²) in [6.45, 7) is 5.55. The van der Waals surface area contributed by atoms with Gasteiger partial charge in [-0.2, -0.15) is 0 Å².